The SMILES string of the molecule is O=C(NNc1ccccc1[N+](=O)[O-])c1ccccc1NS(=O)(=O)c1ccc2[nH]c(=O)[nH]c2c1. The van der Waals surface area contributed by atoms with E-state index in [1.165, 1.54) is 60.7 Å². The molecule has 0 saturated carbocycles. The molecule has 1 amide bonds. The number of para-hydroxylation sites is 3. The summed E-state index contributed by atoms with van der Waals surface area (Å²) in [6.07, 6.45) is 0. The minimum atomic E-state index is -4.11. The van der Waals surface area contributed by atoms with Gasteiger partial charge in [-0.3, -0.25) is 30.5 Å². The molecule has 13 heteroatoms. The van der Waals surface area contributed by atoms with Crippen LogP contribution < -0.4 is 21.3 Å². The molecule has 0 aliphatic heterocycles. The third kappa shape index (κ3) is 4.52. The molecular weight excluding hydrogens is 452 g/mol. The second-order valence-corrected chi connectivity index (χ2v) is 8.47. The van der Waals surface area contributed by atoms with Gasteiger partial charge in [0.2, 0.25) is 0 Å². The van der Waals surface area contributed by atoms with Gasteiger partial charge >= 0.3 is 5.69 Å². The number of imidazole rings is 1. The minimum Gasteiger partial charge on any atom is -0.306 e. The Morgan fingerprint density at radius 1 is 0.909 bits per heavy atom. The maximum Gasteiger partial charge on any atom is 0.323 e. The molecule has 1 heterocycles. The van der Waals surface area contributed by atoms with Crippen molar-refractivity contribution in [3.63, 3.8) is 0 Å². The summed E-state index contributed by atoms with van der Waals surface area (Å²) in [5.74, 6) is -0.725. The topological polar surface area (TPSA) is 179 Å². The van der Waals surface area contributed by atoms with Gasteiger partial charge in [-0.2, -0.15) is 0 Å². The number of nitrogens with one attached hydrogen (secondary N) is 5. The molecule has 0 radical (unpaired) electrons. The van der Waals surface area contributed by atoms with Crippen molar-refractivity contribution >= 4 is 44.0 Å². The zero-order chi connectivity index (χ0) is 23.6. The average molecular weight is 468 g/mol. The lowest BCUT2D eigenvalue weighted by Gasteiger charge is -2.14. The molecule has 0 aliphatic rings. The van der Waals surface area contributed by atoms with Crippen LogP contribution in [0.3, 0.4) is 0 Å². The van der Waals surface area contributed by atoms with E-state index in [1.54, 1.807) is 6.07 Å². The lowest BCUT2D eigenvalue weighted by Crippen LogP contribution is -2.30. The van der Waals surface area contributed by atoms with Crippen LogP contribution in [-0.4, -0.2) is 29.2 Å². The Bertz CT molecular complexity index is 1540. The fraction of sp³-hybridized carbons (Fsp3) is 0. The quantitative estimate of drug-likeness (QED) is 0.204. The van der Waals surface area contributed by atoms with Crippen LogP contribution in [0.5, 0.6) is 0 Å². The van der Waals surface area contributed by atoms with E-state index >= 15 is 0 Å². The van der Waals surface area contributed by atoms with E-state index in [9.17, 15) is 28.1 Å². The van der Waals surface area contributed by atoms with E-state index in [-0.39, 0.29) is 27.5 Å². The van der Waals surface area contributed by atoms with Gasteiger partial charge in [-0.15, -0.1) is 0 Å². The smallest absolute Gasteiger partial charge is 0.306 e. The largest absolute Gasteiger partial charge is 0.323 e. The summed E-state index contributed by atoms with van der Waals surface area (Å²) in [6, 6.07) is 15.6. The lowest BCUT2D eigenvalue weighted by atomic mass is 10.2. The van der Waals surface area contributed by atoms with Crippen molar-refractivity contribution in [3.8, 4) is 0 Å². The number of nitro groups is 1. The third-order valence-corrected chi connectivity index (χ3v) is 5.99. The first-order chi connectivity index (χ1) is 15.7. The van der Waals surface area contributed by atoms with Gasteiger partial charge in [-0.05, 0) is 36.4 Å². The summed E-state index contributed by atoms with van der Waals surface area (Å²) in [5, 5.41) is 11.1. The first kappa shape index (κ1) is 21.6. The van der Waals surface area contributed by atoms with Crippen LogP contribution in [0.4, 0.5) is 17.1 Å². The second kappa shape index (κ2) is 8.47. The van der Waals surface area contributed by atoms with Crippen molar-refractivity contribution in [2.45, 2.75) is 4.90 Å². The lowest BCUT2D eigenvalue weighted by molar-refractivity contribution is -0.384. The van der Waals surface area contributed by atoms with Gasteiger partial charge in [0.1, 0.15) is 5.69 Å². The highest BCUT2D eigenvalue weighted by atomic mass is 32.2. The van der Waals surface area contributed by atoms with Crippen LogP contribution in [-0.2, 0) is 10.0 Å². The molecular formula is C20H16N6O6S. The van der Waals surface area contributed by atoms with Crippen molar-refractivity contribution in [1.82, 2.24) is 15.4 Å². The summed E-state index contributed by atoms with van der Waals surface area (Å²) in [4.78, 5) is 39.5. The predicted octanol–water partition coefficient (Wildman–Crippen LogP) is 2.32. The van der Waals surface area contributed by atoms with Gasteiger partial charge in [-0.25, -0.2) is 13.2 Å². The molecule has 5 N–H and O–H groups in total. The highest BCUT2D eigenvalue weighted by Crippen LogP contribution is 2.24. The van der Waals surface area contributed by atoms with Crippen LogP contribution in [0, 0.1) is 10.1 Å². The fourth-order valence-electron chi connectivity index (χ4n) is 3.08. The number of amides is 1. The Balaban J connectivity index is 1.57. The first-order valence-corrected chi connectivity index (χ1v) is 10.9. The normalized spacial score (nSPS) is 11.2. The molecule has 0 aliphatic carbocycles. The first-order valence-electron chi connectivity index (χ1n) is 9.38. The number of hydrazine groups is 1. The molecule has 0 saturated heterocycles. The maximum absolute atomic E-state index is 12.9. The number of hydrogen-bond donors (Lipinski definition) is 5. The molecule has 0 spiro atoms. The number of rotatable bonds is 7. The van der Waals surface area contributed by atoms with Gasteiger partial charge in [0, 0.05) is 6.07 Å². The zero-order valence-corrected chi connectivity index (χ0v) is 17.5. The standard InChI is InChI=1S/C20H16N6O6S/c27-19(24-23-16-7-3-4-8-18(16)26(29)30)13-5-1-2-6-14(13)25-33(31,32)12-9-10-15-17(11-12)22-20(28)21-15/h1-11,23,25H,(H,24,27)(H2,21,22,28). The summed E-state index contributed by atoms with van der Waals surface area (Å²) in [5.41, 5.74) is 4.87. The number of carbonyl (C=O) groups excluding carboxylic acids is 1. The molecule has 0 bridgehead atoms. The van der Waals surface area contributed by atoms with E-state index in [0.717, 1.165) is 0 Å². The Kier molecular flexibility index (Phi) is 5.54. The van der Waals surface area contributed by atoms with E-state index < -0.39 is 26.5 Å². The second-order valence-electron chi connectivity index (χ2n) is 6.79. The van der Waals surface area contributed by atoms with Gasteiger partial charge in [-0.1, -0.05) is 24.3 Å². The Morgan fingerprint density at radius 2 is 1.58 bits per heavy atom. The van der Waals surface area contributed by atoms with Crippen molar-refractivity contribution in [2.75, 3.05) is 10.1 Å². The van der Waals surface area contributed by atoms with Crippen LogP contribution >= 0.6 is 0 Å². The summed E-state index contributed by atoms with van der Waals surface area (Å²) < 4.78 is 28.1. The average Bonchev–Trinajstić information content (AvgIpc) is 3.17. The molecule has 0 unspecified atom stereocenters. The van der Waals surface area contributed by atoms with Crippen LogP contribution in [0.1, 0.15) is 10.4 Å². The molecule has 168 valence electrons. The number of aromatic nitrogens is 2. The van der Waals surface area contributed by atoms with E-state index in [0.29, 0.717) is 11.0 Å². The van der Waals surface area contributed by atoms with Crippen molar-refractivity contribution in [2.24, 2.45) is 0 Å². The Hall–Kier alpha value is -4.65. The number of nitrogens with zero attached hydrogens (tertiary/aromatic N) is 1. The highest BCUT2D eigenvalue weighted by molar-refractivity contribution is 7.92. The molecule has 3 aromatic carbocycles. The molecule has 0 atom stereocenters. The number of anilines is 2. The zero-order valence-electron chi connectivity index (χ0n) is 16.7. The number of fused-ring (bicyclic) bond motifs is 1. The number of benzene rings is 3. The molecule has 33 heavy (non-hydrogen) atoms. The third-order valence-electron chi connectivity index (χ3n) is 4.63. The van der Waals surface area contributed by atoms with Gasteiger partial charge in [0.25, 0.3) is 21.6 Å². The molecule has 1 aromatic heterocycles. The van der Waals surface area contributed by atoms with Crippen LogP contribution in [0.2, 0.25) is 0 Å². The minimum absolute atomic E-state index is 0.0120. The van der Waals surface area contributed by atoms with E-state index in [2.05, 4.69) is 25.5 Å². The van der Waals surface area contributed by atoms with Gasteiger partial charge < -0.3 is 9.97 Å². The maximum atomic E-state index is 12.9. The Morgan fingerprint density at radius 3 is 2.33 bits per heavy atom. The molecule has 4 rings (SSSR count). The van der Waals surface area contributed by atoms with Crippen LogP contribution in [0.25, 0.3) is 11.0 Å². The van der Waals surface area contributed by atoms with E-state index in [4.69, 9.17) is 0 Å². The van der Waals surface area contributed by atoms with Crippen molar-refractivity contribution in [3.05, 3.63) is 92.9 Å². The Labute approximate surface area is 185 Å². The summed E-state index contributed by atoms with van der Waals surface area (Å²) in [6.45, 7) is 0. The fourth-order valence-corrected chi connectivity index (χ4v) is 4.19. The monoisotopic (exact) mass is 468 g/mol. The number of nitro benzene ring substituents is 1. The van der Waals surface area contributed by atoms with Gasteiger partial charge in [0.15, 0.2) is 0 Å². The highest BCUT2D eigenvalue weighted by Gasteiger charge is 2.20. The van der Waals surface area contributed by atoms with Crippen molar-refractivity contribution in [1.29, 1.82) is 0 Å². The number of aromatic amines is 2. The summed E-state index contributed by atoms with van der Waals surface area (Å²) in [7, 11) is -4.11. The number of carbonyl (C=O) groups is 1. The van der Waals surface area contributed by atoms with E-state index in [1.807, 2.05) is 0 Å². The predicted molar refractivity (Wildman–Crippen MR) is 120 cm³/mol. The number of sulfonamides is 1. The molecule has 12 nitrogen and oxygen atoms in total. The number of H-pyrrole nitrogens is 2. The number of hydrogen-bond acceptors (Lipinski definition) is 7. The summed E-state index contributed by atoms with van der Waals surface area (Å²) >= 11 is 0. The van der Waals surface area contributed by atoms with Crippen molar-refractivity contribution < 1.29 is 18.1 Å². The molecule has 0 fully saturated rings. The van der Waals surface area contributed by atoms with Crippen LogP contribution in [0.15, 0.2) is 76.4 Å². The molecule has 4 aromatic rings. The van der Waals surface area contributed by atoms with Gasteiger partial charge in [0.05, 0.1) is 32.1 Å².